The highest BCUT2D eigenvalue weighted by Crippen LogP contribution is 2.21. The second kappa shape index (κ2) is 4.33. The molecular formula is C11H11ClFN3O. The van der Waals surface area contributed by atoms with Gasteiger partial charge in [-0.3, -0.25) is 4.79 Å². The van der Waals surface area contributed by atoms with E-state index in [9.17, 15) is 9.18 Å². The molecule has 0 radical (unpaired) electrons. The lowest BCUT2D eigenvalue weighted by atomic mass is 10.2. The molecule has 2 N–H and O–H groups in total. The van der Waals surface area contributed by atoms with Crippen LogP contribution in [0.4, 0.5) is 4.39 Å². The third-order valence-corrected chi connectivity index (χ3v) is 2.78. The number of aryl methyl sites for hydroxylation is 1. The Kier molecular flexibility index (Phi) is 3.02. The Bertz CT molecular complexity index is 594. The maximum Gasteiger partial charge on any atom is 0.237 e. The largest absolute Gasteiger partial charge is 0.368 e. The zero-order valence-electron chi connectivity index (χ0n) is 9.20. The van der Waals surface area contributed by atoms with Crippen LogP contribution in [0, 0.1) is 12.7 Å². The zero-order chi connectivity index (χ0) is 12.6. The maximum absolute atomic E-state index is 13.4. The third kappa shape index (κ3) is 2.10. The quantitative estimate of drug-likeness (QED) is 0.849. The van der Waals surface area contributed by atoms with Gasteiger partial charge >= 0.3 is 0 Å². The average Bonchev–Trinajstić information content (AvgIpc) is 2.57. The van der Waals surface area contributed by atoms with Gasteiger partial charge in [0.25, 0.3) is 0 Å². The van der Waals surface area contributed by atoms with E-state index in [-0.39, 0.29) is 18.2 Å². The van der Waals surface area contributed by atoms with Crippen LogP contribution in [-0.2, 0) is 17.2 Å². The van der Waals surface area contributed by atoms with E-state index in [1.165, 1.54) is 6.07 Å². The van der Waals surface area contributed by atoms with E-state index in [1.807, 2.05) is 0 Å². The molecular weight excluding hydrogens is 245 g/mol. The SMILES string of the molecule is Cc1cc2c(cc1F)nc(CCl)n2CC(N)=O. The second-order valence-electron chi connectivity index (χ2n) is 3.80. The molecule has 4 nitrogen and oxygen atoms in total. The highest BCUT2D eigenvalue weighted by Gasteiger charge is 2.13. The number of rotatable bonds is 3. The molecule has 1 aromatic heterocycles. The summed E-state index contributed by atoms with van der Waals surface area (Å²) < 4.78 is 15.0. The molecule has 2 aromatic rings. The summed E-state index contributed by atoms with van der Waals surface area (Å²) in [6.45, 7) is 1.64. The van der Waals surface area contributed by atoms with Crippen molar-refractivity contribution in [3.8, 4) is 0 Å². The number of carbonyl (C=O) groups excluding carboxylic acids is 1. The summed E-state index contributed by atoms with van der Waals surface area (Å²) >= 11 is 5.74. The fourth-order valence-corrected chi connectivity index (χ4v) is 1.94. The van der Waals surface area contributed by atoms with Crippen molar-refractivity contribution in [2.75, 3.05) is 0 Å². The topological polar surface area (TPSA) is 60.9 Å². The van der Waals surface area contributed by atoms with Crippen molar-refractivity contribution in [1.82, 2.24) is 9.55 Å². The minimum Gasteiger partial charge on any atom is -0.368 e. The van der Waals surface area contributed by atoms with E-state index in [1.54, 1.807) is 17.6 Å². The van der Waals surface area contributed by atoms with Crippen LogP contribution in [-0.4, -0.2) is 15.5 Å². The minimum atomic E-state index is -0.488. The van der Waals surface area contributed by atoms with Gasteiger partial charge < -0.3 is 10.3 Å². The molecule has 0 aliphatic rings. The summed E-state index contributed by atoms with van der Waals surface area (Å²) in [5.41, 5.74) is 6.79. The first kappa shape index (κ1) is 11.9. The lowest BCUT2D eigenvalue weighted by Crippen LogP contribution is -2.19. The Morgan fingerprint density at radius 3 is 2.88 bits per heavy atom. The molecule has 0 aliphatic heterocycles. The Morgan fingerprint density at radius 2 is 2.29 bits per heavy atom. The standard InChI is InChI=1S/C11H11ClFN3O/c1-6-2-9-8(3-7(6)13)15-11(4-12)16(9)5-10(14)17/h2-3H,4-5H2,1H3,(H2,14,17). The number of halogens is 2. The van der Waals surface area contributed by atoms with Crippen LogP contribution >= 0.6 is 11.6 Å². The highest BCUT2D eigenvalue weighted by molar-refractivity contribution is 6.16. The summed E-state index contributed by atoms with van der Waals surface area (Å²) in [7, 11) is 0. The molecule has 0 spiro atoms. The molecule has 1 amide bonds. The number of carbonyl (C=O) groups is 1. The normalized spacial score (nSPS) is 11.0. The van der Waals surface area contributed by atoms with Crippen molar-refractivity contribution in [3.63, 3.8) is 0 Å². The van der Waals surface area contributed by atoms with Gasteiger partial charge in [0.2, 0.25) is 5.91 Å². The summed E-state index contributed by atoms with van der Waals surface area (Å²) in [4.78, 5) is 15.2. The van der Waals surface area contributed by atoms with E-state index < -0.39 is 5.91 Å². The molecule has 0 saturated carbocycles. The minimum absolute atomic E-state index is 0.0103. The molecule has 0 aliphatic carbocycles. The predicted octanol–water partition coefficient (Wildman–Crippen LogP) is 1.71. The van der Waals surface area contributed by atoms with Crippen LogP contribution in [0.3, 0.4) is 0 Å². The van der Waals surface area contributed by atoms with Gasteiger partial charge in [-0.1, -0.05) is 0 Å². The van der Waals surface area contributed by atoms with Gasteiger partial charge in [-0.2, -0.15) is 0 Å². The number of benzene rings is 1. The van der Waals surface area contributed by atoms with Gasteiger partial charge in [-0.15, -0.1) is 11.6 Å². The molecule has 1 aromatic carbocycles. The number of alkyl halides is 1. The Morgan fingerprint density at radius 1 is 1.59 bits per heavy atom. The van der Waals surface area contributed by atoms with Crippen molar-refractivity contribution in [3.05, 3.63) is 29.3 Å². The fraction of sp³-hybridized carbons (Fsp3) is 0.273. The Labute approximate surface area is 102 Å². The molecule has 0 saturated heterocycles. The maximum atomic E-state index is 13.4. The van der Waals surface area contributed by atoms with E-state index in [0.29, 0.717) is 22.4 Å². The van der Waals surface area contributed by atoms with Crippen molar-refractivity contribution < 1.29 is 9.18 Å². The van der Waals surface area contributed by atoms with Crippen LogP contribution in [0.2, 0.25) is 0 Å². The van der Waals surface area contributed by atoms with Gasteiger partial charge in [-0.25, -0.2) is 9.37 Å². The molecule has 0 atom stereocenters. The van der Waals surface area contributed by atoms with E-state index in [2.05, 4.69) is 4.98 Å². The zero-order valence-corrected chi connectivity index (χ0v) is 9.96. The molecule has 6 heteroatoms. The first-order chi connectivity index (χ1) is 8.02. The van der Waals surface area contributed by atoms with Crippen molar-refractivity contribution in [2.45, 2.75) is 19.3 Å². The van der Waals surface area contributed by atoms with Gasteiger partial charge in [0.05, 0.1) is 16.9 Å². The number of fused-ring (bicyclic) bond motifs is 1. The molecule has 2 rings (SSSR count). The van der Waals surface area contributed by atoms with Crippen molar-refractivity contribution >= 4 is 28.5 Å². The number of primary amides is 1. The van der Waals surface area contributed by atoms with Gasteiger partial charge in [0.15, 0.2) is 0 Å². The van der Waals surface area contributed by atoms with Crippen molar-refractivity contribution in [1.29, 1.82) is 0 Å². The lowest BCUT2D eigenvalue weighted by Gasteiger charge is -2.05. The first-order valence-corrected chi connectivity index (χ1v) is 5.56. The summed E-state index contributed by atoms with van der Waals surface area (Å²) in [5, 5.41) is 0. The number of amides is 1. The highest BCUT2D eigenvalue weighted by atomic mass is 35.5. The summed E-state index contributed by atoms with van der Waals surface area (Å²) in [5.74, 6) is -0.173. The monoisotopic (exact) mass is 255 g/mol. The van der Waals surface area contributed by atoms with E-state index >= 15 is 0 Å². The van der Waals surface area contributed by atoms with Gasteiger partial charge in [0.1, 0.15) is 18.2 Å². The lowest BCUT2D eigenvalue weighted by molar-refractivity contribution is -0.118. The summed E-state index contributed by atoms with van der Waals surface area (Å²) in [6.07, 6.45) is 0. The molecule has 0 fully saturated rings. The molecule has 0 unspecified atom stereocenters. The number of imidazole rings is 1. The van der Waals surface area contributed by atoms with Gasteiger partial charge in [-0.05, 0) is 18.6 Å². The predicted molar refractivity (Wildman–Crippen MR) is 63.2 cm³/mol. The van der Waals surface area contributed by atoms with Gasteiger partial charge in [0, 0.05) is 6.07 Å². The number of hydrogen-bond acceptors (Lipinski definition) is 2. The fourth-order valence-electron chi connectivity index (χ4n) is 1.73. The van der Waals surface area contributed by atoms with Crippen molar-refractivity contribution in [2.24, 2.45) is 5.73 Å². The smallest absolute Gasteiger partial charge is 0.237 e. The van der Waals surface area contributed by atoms with E-state index in [4.69, 9.17) is 17.3 Å². The first-order valence-electron chi connectivity index (χ1n) is 5.02. The number of nitrogens with two attached hydrogens (primary N) is 1. The number of hydrogen-bond donors (Lipinski definition) is 1. The number of nitrogens with zero attached hydrogens (tertiary/aromatic N) is 2. The Hall–Kier alpha value is -1.62. The van der Waals surface area contributed by atoms with Crippen LogP contribution in [0.1, 0.15) is 11.4 Å². The van der Waals surface area contributed by atoms with Crippen LogP contribution < -0.4 is 5.73 Å². The van der Waals surface area contributed by atoms with E-state index in [0.717, 1.165) is 0 Å². The van der Waals surface area contributed by atoms with Crippen LogP contribution in [0.15, 0.2) is 12.1 Å². The van der Waals surface area contributed by atoms with Crippen LogP contribution in [0.25, 0.3) is 11.0 Å². The molecule has 90 valence electrons. The molecule has 0 bridgehead atoms. The molecule has 1 heterocycles. The summed E-state index contributed by atoms with van der Waals surface area (Å²) in [6, 6.07) is 2.97. The average molecular weight is 256 g/mol. The van der Waals surface area contributed by atoms with Crippen LogP contribution in [0.5, 0.6) is 0 Å². The Balaban J connectivity index is 2.69. The molecule has 17 heavy (non-hydrogen) atoms. The third-order valence-electron chi connectivity index (χ3n) is 2.54. The second-order valence-corrected chi connectivity index (χ2v) is 4.07. The number of aromatic nitrogens is 2.